The summed E-state index contributed by atoms with van der Waals surface area (Å²) in [6.45, 7) is 2.43. The number of nitrogens with zero attached hydrogens (tertiary/aromatic N) is 3. The number of rotatable bonds is 4. The lowest BCUT2D eigenvalue weighted by Gasteiger charge is -2.16. The molecule has 1 heterocycles. The molecule has 0 aliphatic heterocycles. The molecule has 0 saturated carbocycles. The van der Waals surface area contributed by atoms with Crippen molar-refractivity contribution in [3.8, 4) is 6.07 Å². The maximum absolute atomic E-state index is 11.2. The van der Waals surface area contributed by atoms with Gasteiger partial charge < -0.3 is 9.64 Å². The first kappa shape index (κ1) is 12.5. The van der Waals surface area contributed by atoms with Crippen molar-refractivity contribution in [1.29, 1.82) is 5.26 Å². The molecule has 0 bridgehead atoms. The fourth-order valence-corrected chi connectivity index (χ4v) is 1.94. The average molecular weight is 239 g/mol. The maximum Gasteiger partial charge on any atom is 0.357 e. The summed E-state index contributed by atoms with van der Waals surface area (Å²) in [4.78, 5) is 17.2. The molecule has 1 aromatic rings. The molecule has 6 heteroatoms. The van der Waals surface area contributed by atoms with Crippen molar-refractivity contribution < 1.29 is 9.53 Å². The van der Waals surface area contributed by atoms with E-state index in [9.17, 15) is 4.79 Å². The van der Waals surface area contributed by atoms with Crippen LogP contribution in [0.15, 0.2) is 5.38 Å². The molecule has 0 radical (unpaired) electrons. The van der Waals surface area contributed by atoms with E-state index in [1.807, 2.05) is 18.9 Å². The zero-order valence-corrected chi connectivity index (χ0v) is 10.2. The minimum absolute atomic E-state index is 0.0736. The van der Waals surface area contributed by atoms with Gasteiger partial charge in [0.15, 0.2) is 10.8 Å². The summed E-state index contributed by atoms with van der Waals surface area (Å²) in [6, 6.07) is 2.15. The van der Waals surface area contributed by atoms with Crippen molar-refractivity contribution in [2.24, 2.45) is 5.92 Å². The fraction of sp³-hybridized carbons (Fsp3) is 0.500. The lowest BCUT2D eigenvalue weighted by molar-refractivity contribution is 0.0595. The highest BCUT2D eigenvalue weighted by atomic mass is 32.1. The van der Waals surface area contributed by atoms with E-state index in [0.717, 1.165) is 0 Å². The Morgan fingerprint density at radius 2 is 2.50 bits per heavy atom. The molecule has 0 aliphatic carbocycles. The summed E-state index contributed by atoms with van der Waals surface area (Å²) in [5, 5.41) is 11.1. The van der Waals surface area contributed by atoms with Gasteiger partial charge in [0, 0.05) is 19.0 Å². The second kappa shape index (κ2) is 5.47. The Balaban J connectivity index is 2.71. The molecule has 86 valence electrons. The molecule has 5 nitrogen and oxygen atoms in total. The number of hydrogen-bond acceptors (Lipinski definition) is 6. The standard InChI is InChI=1S/C10H13N3O2S/c1-7(4-11)5-13(2)10-12-8(6-16-10)9(14)15-3/h6-7H,5H2,1-3H3. The minimum atomic E-state index is -0.441. The van der Waals surface area contributed by atoms with Crippen molar-refractivity contribution in [3.63, 3.8) is 0 Å². The Hall–Kier alpha value is -1.61. The number of carbonyl (C=O) groups is 1. The number of ether oxygens (including phenoxy) is 1. The molecule has 0 aromatic carbocycles. The molecule has 0 N–H and O–H groups in total. The Morgan fingerprint density at radius 1 is 1.81 bits per heavy atom. The molecular weight excluding hydrogens is 226 g/mol. The highest BCUT2D eigenvalue weighted by Crippen LogP contribution is 2.20. The van der Waals surface area contributed by atoms with E-state index < -0.39 is 5.97 Å². The van der Waals surface area contributed by atoms with Crippen LogP contribution >= 0.6 is 11.3 Å². The first-order valence-corrected chi connectivity index (χ1v) is 5.61. The monoisotopic (exact) mass is 239 g/mol. The molecule has 1 atom stereocenters. The van der Waals surface area contributed by atoms with Gasteiger partial charge in [0.2, 0.25) is 0 Å². The Kier molecular flexibility index (Phi) is 4.26. The number of aromatic nitrogens is 1. The van der Waals surface area contributed by atoms with Crippen LogP contribution in [0.5, 0.6) is 0 Å². The normalized spacial score (nSPS) is 11.6. The van der Waals surface area contributed by atoms with Gasteiger partial charge in [-0.05, 0) is 6.92 Å². The van der Waals surface area contributed by atoms with Crippen LogP contribution in [-0.4, -0.2) is 31.7 Å². The van der Waals surface area contributed by atoms with Crippen molar-refractivity contribution in [3.05, 3.63) is 11.1 Å². The molecule has 1 unspecified atom stereocenters. The van der Waals surface area contributed by atoms with Crippen LogP contribution in [0.2, 0.25) is 0 Å². The van der Waals surface area contributed by atoms with Gasteiger partial charge in [-0.25, -0.2) is 9.78 Å². The van der Waals surface area contributed by atoms with Crippen molar-refractivity contribution in [2.75, 3.05) is 25.6 Å². The quantitative estimate of drug-likeness (QED) is 0.745. The molecule has 0 saturated heterocycles. The SMILES string of the molecule is COC(=O)c1csc(N(C)CC(C)C#N)n1. The number of anilines is 1. The van der Waals surface area contributed by atoms with E-state index in [0.29, 0.717) is 17.4 Å². The second-order valence-electron chi connectivity index (χ2n) is 3.42. The Bertz CT molecular complexity index is 410. The van der Waals surface area contributed by atoms with Gasteiger partial charge in [-0.1, -0.05) is 0 Å². The van der Waals surface area contributed by atoms with E-state index >= 15 is 0 Å². The Labute approximate surface area is 98.3 Å². The summed E-state index contributed by atoms with van der Waals surface area (Å²) in [5.41, 5.74) is 0.305. The van der Waals surface area contributed by atoms with Crippen LogP contribution in [0, 0.1) is 17.2 Å². The highest BCUT2D eigenvalue weighted by Gasteiger charge is 2.14. The lowest BCUT2D eigenvalue weighted by atomic mass is 10.2. The molecule has 0 fully saturated rings. The summed E-state index contributed by atoms with van der Waals surface area (Å²) in [6.07, 6.45) is 0. The van der Waals surface area contributed by atoms with Gasteiger partial charge in [-0.3, -0.25) is 0 Å². The van der Waals surface area contributed by atoms with Gasteiger partial charge in [0.25, 0.3) is 0 Å². The van der Waals surface area contributed by atoms with Crippen LogP contribution < -0.4 is 4.90 Å². The van der Waals surface area contributed by atoms with Crippen molar-refractivity contribution in [1.82, 2.24) is 4.98 Å². The topological polar surface area (TPSA) is 66.2 Å². The van der Waals surface area contributed by atoms with Gasteiger partial charge in [0.05, 0.1) is 19.1 Å². The molecule has 1 aromatic heterocycles. The van der Waals surface area contributed by atoms with Crippen LogP contribution in [0.4, 0.5) is 5.13 Å². The largest absolute Gasteiger partial charge is 0.464 e. The molecule has 1 rings (SSSR count). The number of methoxy groups -OCH3 is 1. The summed E-state index contributed by atoms with van der Waals surface area (Å²) < 4.78 is 4.57. The van der Waals surface area contributed by atoms with Crippen LogP contribution in [0.1, 0.15) is 17.4 Å². The van der Waals surface area contributed by atoms with Crippen LogP contribution in [0.25, 0.3) is 0 Å². The molecule has 0 aliphatic rings. The highest BCUT2D eigenvalue weighted by molar-refractivity contribution is 7.13. The number of esters is 1. The van der Waals surface area contributed by atoms with Crippen LogP contribution in [0.3, 0.4) is 0 Å². The summed E-state index contributed by atoms with van der Waals surface area (Å²) in [7, 11) is 3.16. The third kappa shape index (κ3) is 2.94. The predicted octanol–water partition coefficient (Wildman–Crippen LogP) is 1.53. The summed E-state index contributed by atoms with van der Waals surface area (Å²) in [5.74, 6) is -0.514. The maximum atomic E-state index is 11.2. The smallest absolute Gasteiger partial charge is 0.357 e. The first-order valence-electron chi connectivity index (χ1n) is 4.73. The second-order valence-corrected chi connectivity index (χ2v) is 4.25. The lowest BCUT2D eigenvalue weighted by Crippen LogP contribution is -2.23. The van der Waals surface area contributed by atoms with Gasteiger partial charge in [0.1, 0.15) is 0 Å². The van der Waals surface area contributed by atoms with Gasteiger partial charge in [-0.2, -0.15) is 5.26 Å². The molecule has 0 spiro atoms. The van der Waals surface area contributed by atoms with E-state index in [1.54, 1.807) is 5.38 Å². The average Bonchev–Trinajstić information content (AvgIpc) is 2.77. The Morgan fingerprint density at radius 3 is 3.06 bits per heavy atom. The van der Waals surface area contributed by atoms with E-state index in [1.165, 1.54) is 18.4 Å². The van der Waals surface area contributed by atoms with Gasteiger partial charge >= 0.3 is 5.97 Å². The molecule has 16 heavy (non-hydrogen) atoms. The van der Waals surface area contributed by atoms with Crippen LogP contribution in [-0.2, 0) is 4.74 Å². The number of thiazole rings is 1. The number of carbonyl (C=O) groups excluding carboxylic acids is 1. The molecule has 0 amide bonds. The summed E-state index contributed by atoms with van der Waals surface area (Å²) >= 11 is 1.36. The van der Waals surface area contributed by atoms with Crippen molar-refractivity contribution in [2.45, 2.75) is 6.92 Å². The number of nitriles is 1. The minimum Gasteiger partial charge on any atom is -0.464 e. The zero-order valence-electron chi connectivity index (χ0n) is 9.43. The number of hydrogen-bond donors (Lipinski definition) is 0. The van der Waals surface area contributed by atoms with E-state index in [-0.39, 0.29) is 5.92 Å². The molecular formula is C10H13N3O2S. The van der Waals surface area contributed by atoms with Gasteiger partial charge in [-0.15, -0.1) is 11.3 Å². The zero-order chi connectivity index (χ0) is 12.1. The first-order chi connectivity index (χ1) is 7.58. The third-order valence-electron chi connectivity index (χ3n) is 1.98. The third-order valence-corrected chi connectivity index (χ3v) is 2.94. The van der Waals surface area contributed by atoms with E-state index in [2.05, 4.69) is 15.8 Å². The predicted molar refractivity (Wildman–Crippen MR) is 61.5 cm³/mol. The fourth-order valence-electron chi connectivity index (χ4n) is 1.17. The van der Waals surface area contributed by atoms with Crippen molar-refractivity contribution >= 4 is 22.4 Å². The van der Waals surface area contributed by atoms with E-state index in [4.69, 9.17) is 5.26 Å².